The van der Waals surface area contributed by atoms with Gasteiger partial charge in [0.15, 0.2) is 6.04 Å². The van der Waals surface area contributed by atoms with Crippen LogP contribution in [0.1, 0.15) is 27.7 Å². The first-order chi connectivity index (χ1) is 7.32. The Bertz CT molecular complexity index is 254. The van der Waals surface area contributed by atoms with Gasteiger partial charge in [-0.15, -0.1) is 0 Å². The normalized spacial score (nSPS) is 14.4. The lowest BCUT2D eigenvalue weighted by Gasteiger charge is -2.29. The summed E-state index contributed by atoms with van der Waals surface area (Å²) < 4.78 is 4.70. The van der Waals surface area contributed by atoms with Crippen LogP contribution in [0.4, 0.5) is 0 Å². The lowest BCUT2D eigenvalue weighted by atomic mass is 10.0. The average molecular weight is 230 g/mol. The SMILES string of the molecule is CCOC(=O)C(N)C(=O)N(C)C(C)C(C)C. The minimum atomic E-state index is -1.22. The van der Waals surface area contributed by atoms with E-state index < -0.39 is 17.9 Å². The fourth-order valence-corrected chi connectivity index (χ4v) is 1.20. The predicted molar refractivity (Wildman–Crippen MR) is 61.7 cm³/mol. The molecular weight excluding hydrogens is 208 g/mol. The molecule has 0 aliphatic rings. The standard InChI is InChI=1S/C11H22N2O3/c1-6-16-11(15)9(12)10(14)13(5)8(4)7(2)3/h7-9H,6,12H2,1-5H3. The van der Waals surface area contributed by atoms with E-state index in [9.17, 15) is 9.59 Å². The van der Waals surface area contributed by atoms with Crippen molar-refractivity contribution < 1.29 is 14.3 Å². The van der Waals surface area contributed by atoms with Gasteiger partial charge in [-0.3, -0.25) is 4.79 Å². The molecule has 0 aromatic heterocycles. The third-order valence-corrected chi connectivity index (χ3v) is 2.73. The number of carbonyl (C=O) groups excluding carboxylic acids is 2. The van der Waals surface area contributed by atoms with Crippen molar-refractivity contribution in [2.24, 2.45) is 11.7 Å². The summed E-state index contributed by atoms with van der Waals surface area (Å²) in [7, 11) is 1.64. The van der Waals surface area contributed by atoms with Gasteiger partial charge in [-0.25, -0.2) is 4.79 Å². The highest BCUT2D eigenvalue weighted by molar-refractivity contribution is 6.01. The number of amides is 1. The van der Waals surface area contributed by atoms with Gasteiger partial charge in [0.25, 0.3) is 5.91 Å². The van der Waals surface area contributed by atoms with Crippen molar-refractivity contribution in [1.29, 1.82) is 0 Å². The van der Waals surface area contributed by atoms with Crippen molar-refractivity contribution in [2.45, 2.75) is 39.8 Å². The van der Waals surface area contributed by atoms with Crippen molar-refractivity contribution in [3.8, 4) is 0 Å². The van der Waals surface area contributed by atoms with Gasteiger partial charge in [0.2, 0.25) is 0 Å². The maximum Gasteiger partial charge on any atom is 0.332 e. The number of nitrogens with zero attached hydrogens (tertiary/aromatic N) is 1. The summed E-state index contributed by atoms with van der Waals surface area (Å²) in [6, 6.07) is -1.18. The molecule has 0 aromatic carbocycles. The summed E-state index contributed by atoms with van der Waals surface area (Å²) >= 11 is 0. The Kier molecular flexibility index (Phi) is 6.03. The first kappa shape index (κ1) is 14.9. The number of rotatable bonds is 5. The zero-order valence-electron chi connectivity index (χ0n) is 10.7. The molecule has 16 heavy (non-hydrogen) atoms. The number of hydrogen-bond donors (Lipinski definition) is 1. The quantitative estimate of drug-likeness (QED) is 0.547. The average Bonchev–Trinajstić information content (AvgIpc) is 2.25. The molecule has 0 saturated heterocycles. The molecule has 0 bridgehead atoms. The van der Waals surface area contributed by atoms with Gasteiger partial charge in [-0.2, -0.15) is 0 Å². The van der Waals surface area contributed by atoms with Crippen LogP contribution in [0.5, 0.6) is 0 Å². The number of hydrogen-bond acceptors (Lipinski definition) is 4. The van der Waals surface area contributed by atoms with Crippen LogP contribution in [-0.4, -0.2) is 42.5 Å². The highest BCUT2D eigenvalue weighted by atomic mass is 16.5. The number of nitrogens with two attached hydrogens (primary N) is 1. The molecule has 0 radical (unpaired) electrons. The smallest absolute Gasteiger partial charge is 0.332 e. The van der Waals surface area contributed by atoms with Gasteiger partial charge in [-0.1, -0.05) is 13.8 Å². The van der Waals surface area contributed by atoms with Crippen molar-refractivity contribution in [2.75, 3.05) is 13.7 Å². The van der Waals surface area contributed by atoms with Gasteiger partial charge in [0, 0.05) is 13.1 Å². The minimum Gasteiger partial charge on any atom is -0.464 e. The summed E-state index contributed by atoms with van der Waals surface area (Å²) in [5, 5.41) is 0. The van der Waals surface area contributed by atoms with Crippen LogP contribution in [-0.2, 0) is 14.3 Å². The predicted octanol–water partition coefficient (Wildman–Crippen LogP) is 0.380. The summed E-state index contributed by atoms with van der Waals surface area (Å²) in [5.74, 6) is -0.765. The molecule has 2 N–H and O–H groups in total. The minimum absolute atomic E-state index is 0.0352. The van der Waals surface area contributed by atoms with E-state index in [1.165, 1.54) is 4.90 Å². The van der Waals surface area contributed by atoms with E-state index in [2.05, 4.69) is 0 Å². The van der Waals surface area contributed by atoms with Gasteiger partial charge in [0.1, 0.15) is 0 Å². The molecule has 0 rings (SSSR count). The molecule has 0 aliphatic heterocycles. The molecule has 0 saturated carbocycles. The summed E-state index contributed by atoms with van der Waals surface area (Å²) in [6.45, 7) is 7.83. The first-order valence-electron chi connectivity index (χ1n) is 5.51. The topological polar surface area (TPSA) is 72.6 Å². The molecule has 2 unspecified atom stereocenters. The second-order valence-corrected chi connectivity index (χ2v) is 4.16. The van der Waals surface area contributed by atoms with Gasteiger partial charge >= 0.3 is 5.97 Å². The third kappa shape index (κ3) is 3.81. The Balaban J connectivity index is 4.49. The number of ether oxygens (including phenoxy) is 1. The summed E-state index contributed by atoms with van der Waals surface area (Å²) in [4.78, 5) is 24.6. The van der Waals surface area contributed by atoms with E-state index in [1.54, 1.807) is 14.0 Å². The zero-order chi connectivity index (χ0) is 12.9. The number of carbonyl (C=O) groups is 2. The van der Waals surface area contributed by atoms with E-state index >= 15 is 0 Å². The van der Waals surface area contributed by atoms with Crippen LogP contribution in [0.3, 0.4) is 0 Å². The molecule has 5 nitrogen and oxygen atoms in total. The van der Waals surface area contributed by atoms with Crippen LogP contribution >= 0.6 is 0 Å². The van der Waals surface area contributed by atoms with Gasteiger partial charge in [0.05, 0.1) is 6.61 Å². The Morgan fingerprint density at radius 2 is 1.81 bits per heavy atom. The number of esters is 1. The van der Waals surface area contributed by atoms with E-state index in [0.29, 0.717) is 5.92 Å². The van der Waals surface area contributed by atoms with E-state index in [0.717, 1.165) is 0 Å². The Morgan fingerprint density at radius 1 is 1.31 bits per heavy atom. The third-order valence-electron chi connectivity index (χ3n) is 2.73. The van der Waals surface area contributed by atoms with Crippen molar-refractivity contribution in [3.63, 3.8) is 0 Å². The summed E-state index contributed by atoms with van der Waals surface area (Å²) in [6.07, 6.45) is 0. The summed E-state index contributed by atoms with van der Waals surface area (Å²) in [5.41, 5.74) is 5.52. The second kappa shape index (κ2) is 6.48. The van der Waals surface area contributed by atoms with Gasteiger partial charge < -0.3 is 15.4 Å². The molecular formula is C11H22N2O3. The lowest BCUT2D eigenvalue weighted by molar-refractivity contribution is -0.151. The van der Waals surface area contributed by atoms with Crippen LogP contribution in [0.25, 0.3) is 0 Å². The molecule has 1 amide bonds. The molecule has 2 atom stereocenters. The first-order valence-corrected chi connectivity index (χ1v) is 5.51. The fraction of sp³-hybridized carbons (Fsp3) is 0.818. The Hall–Kier alpha value is -1.10. The maximum absolute atomic E-state index is 11.8. The van der Waals surface area contributed by atoms with E-state index in [4.69, 9.17) is 10.5 Å². The molecule has 0 aromatic rings. The van der Waals surface area contributed by atoms with Crippen molar-refractivity contribution in [3.05, 3.63) is 0 Å². The van der Waals surface area contributed by atoms with Crippen molar-refractivity contribution in [1.82, 2.24) is 4.90 Å². The molecule has 0 fully saturated rings. The highest BCUT2D eigenvalue weighted by Gasteiger charge is 2.29. The lowest BCUT2D eigenvalue weighted by Crippen LogP contribution is -2.51. The molecule has 94 valence electrons. The van der Waals surface area contributed by atoms with Crippen LogP contribution in [0, 0.1) is 5.92 Å². The van der Waals surface area contributed by atoms with Crippen molar-refractivity contribution >= 4 is 11.9 Å². The maximum atomic E-state index is 11.8. The molecule has 0 spiro atoms. The largest absolute Gasteiger partial charge is 0.464 e. The van der Waals surface area contributed by atoms with E-state index in [-0.39, 0.29) is 12.6 Å². The van der Waals surface area contributed by atoms with Crippen LogP contribution in [0.15, 0.2) is 0 Å². The number of likely N-dealkylation sites (N-methyl/N-ethyl adjacent to an activating group) is 1. The monoisotopic (exact) mass is 230 g/mol. The zero-order valence-corrected chi connectivity index (χ0v) is 10.7. The Labute approximate surface area is 96.9 Å². The van der Waals surface area contributed by atoms with Gasteiger partial charge in [-0.05, 0) is 19.8 Å². The fourth-order valence-electron chi connectivity index (χ4n) is 1.20. The molecule has 0 heterocycles. The highest BCUT2D eigenvalue weighted by Crippen LogP contribution is 2.09. The Morgan fingerprint density at radius 3 is 2.19 bits per heavy atom. The van der Waals surface area contributed by atoms with Crippen LogP contribution in [0.2, 0.25) is 0 Å². The molecule has 0 aliphatic carbocycles. The second-order valence-electron chi connectivity index (χ2n) is 4.16. The molecule has 5 heteroatoms. The van der Waals surface area contributed by atoms with Crippen LogP contribution < -0.4 is 5.73 Å². The van der Waals surface area contributed by atoms with E-state index in [1.807, 2.05) is 20.8 Å².